The predicted octanol–water partition coefficient (Wildman–Crippen LogP) is 4.54. The molecule has 0 saturated heterocycles. The Morgan fingerprint density at radius 2 is 1.88 bits per heavy atom. The highest BCUT2D eigenvalue weighted by Gasteiger charge is 2.34. The maximum Gasteiger partial charge on any atom is 0.242 e. The summed E-state index contributed by atoms with van der Waals surface area (Å²) >= 11 is 1.72. The van der Waals surface area contributed by atoms with E-state index in [2.05, 4.69) is 11.4 Å². The van der Waals surface area contributed by atoms with Gasteiger partial charge in [-0.15, -0.1) is 11.3 Å². The van der Waals surface area contributed by atoms with Gasteiger partial charge in [0.2, 0.25) is 11.8 Å². The highest BCUT2D eigenvalue weighted by molar-refractivity contribution is 7.10. The molecule has 1 atom stereocenters. The molecule has 1 aliphatic heterocycles. The average molecular weight is 459 g/mol. The molecule has 32 heavy (non-hydrogen) atoms. The van der Waals surface area contributed by atoms with Crippen LogP contribution in [0.25, 0.3) is 0 Å². The molecule has 2 heterocycles. The number of hydrogen-bond donors (Lipinski definition) is 0. The van der Waals surface area contributed by atoms with E-state index in [9.17, 15) is 9.59 Å². The third-order valence-electron chi connectivity index (χ3n) is 5.71. The fraction of sp³-hybridized carbons (Fsp3) is 0.520. The molecule has 1 aromatic heterocycles. The molecule has 0 spiro atoms. The van der Waals surface area contributed by atoms with Crippen LogP contribution in [0.2, 0.25) is 0 Å². The molecule has 0 unspecified atom stereocenters. The maximum absolute atomic E-state index is 13.4. The molecule has 1 aliphatic rings. The number of hydrogen-bond acceptors (Lipinski definition) is 5. The van der Waals surface area contributed by atoms with Crippen molar-refractivity contribution in [3.05, 3.63) is 46.2 Å². The summed E-state index contributed by atoms with van der Waals surface area (Å²) in [6.07, 6.45) is 1.27. The van der Waals surface area contributed by atoms with Crippen LogP contribution in [-0.2, 0) is 16.0 Å². The highest BCUT2D eigenvalue weighted by atomic mass is 32.1. The molecule has 7 heteroatoms. The van der Waals surface area contributed by atoms with Gasteiger partial charge in [-0.3, -0.25) is 9.59 Å². The number of rotatable bonds is 9. The van der Waals surface area contributed by atoms with E-state index in [1.54, 1.807) is 23.3 Å². The zero-order valence-corrected chi connectivity index (χ0v) is 20.5. The van der Waals surface area contributed by atoms with Crippen molar-refractivity contribution in [2.75, 3.05) is 26.8 Å². The summed E-state index contributed by atoms with van der Waals surface area (Å²) < 4.78 is 11.5. The van der Waals surface area contributed by atoms with Crippen molar-refractivity contribution in [2.24, 2.45) is 5.92 Å². The number of nitrogens with zero attached hydrogens (tertiary/aromatic N) is 2. The number of methoxy groups -OCH3 is 1. The standard InChI is InChI=1S/C25H34N2O4S/c1-17(2)14-24(28)27(18(3)4)15-25(29)26-12-10-23-19(11-13-32-23)20(26)16-31-22-9-7-6-8-21(22)30-5/h6-9,11,13,17-18,20H,10,12,14-16H2,1-5H3/t20-/m1/s1. The number of para-hydroxylation sites is 2. The lowest BCUT2D eigenvalue weighted by atomic mass is 10.00. The molecule has 0 N–H and O–H groups in total. The number of carbonyl (C=O) groups is 2. The Balaban J connectivity index is 1.78. The Morgan fingerprint density at radius 3 is 2.53 bits per heavy atom. The van der Waals surface area contributed by atoms with Crippen molar-refractivity contribution in [3.8, 4) is 11.5 Å². The van der Waals surface area contributed by atoms with E-state index in [1.807, 2.05) is 56.9 Å². The monoisotopic (exact) mass is 458 g/mol. The van der Waals surface area contributed by atoms with Crippen molar-refractivity contribution in [3.63, 3.8) is 0 Å². The second-order valence-corrected chi connectivity index (χ2v) is 9.83. The fourth-order valence-corrected chi connectivity index (χ4v) is 4.97. The first kappa shape index (κ1) is 24.1. The van der Waals surface area contributed by atoms with Crippen molar-refractivity contribution in [1.29, 1.82) is 0 Å². The van der Waals surface area contributed by atoms with E-state index in [4.69, 9.17) is 9.47 Å². The summed E-state index contributed by atoms with van der Waals surface area (Å²) in [6.45, 7) is 9.00. The van der Waals surface area contributed by atoms with Crippen LogP contribution in [0.1, 0.15) is 50.6 Å². The van der Waals surface area contributed by atoms with Crippen LogP contribution in [0.15, 0.2) is 35.7 Å². The molecule has 6 nitrogen and oxygen atoms in total. The van der Waals surface area contributed by atoms with Gasteiger partial charge in [0.25, 0.3) is 0 Å². The molecular weight excluding hydrogens is 424 g/mol. The van der Waals surface area contributed by atoms with E-state index >= 15 is 0 Å². The Kier molecular flexibility index (Phi) is 8.18. The zero-order chi connectivity index (χ0) is 23.3. The Hall–Kier alpha value is -2.54. The lowest BCUT2D eigenvalue weighted by Crippen LogP contribution is -2.49. The van der Waals surface area contributed by atoms with Gasteiger partial charge < -0.3 is 19.3 Å². The Labute approximate surface area is 195 Å². The second kappa shape index (κ2) is 10.9. The van der Waals surface area contributed by atoms with Gasteiger partial charge in [0.15, 0.2) is 11.5 Å². The quantitative estimate of drug-likeness (QED) is 0.553. The predicted molar refractivity (Wildman–Crippen MR) is 127 cm³/mol. The third kappa shape index (κ3) is 5.63. The zero-order valence-electron chi connectivity index (χ0n) is 19.7. The molecule has 0 aliphatic carbocycles. The summed E-state index contributed by atoms with van der Waals surface area (Å²) in [5.41, 5.74) is 1.13. The van der Waals surface area contributed by atoms with Gasteiger partial charge in [-0.1, -0.05) is 26.0 Å². The van der Waals surface area contributed by atoms with Crippen molar-refractivity contribution < 1.29 is 19.1 Å². The first-order valence-electron chi connectivity index (χ1n) is 11.2. The number of benzene rings is 1. The van der Waals surface area contributed by atoms with E-state index < -0.39 is 0 Å². The Morgan fingerprint density at radius 1 is 1.16 bits per heavy atom. The van der Waals surface area contributed by atoms with Crippen LogP contribution >= 0.6 is 11.3 Å². The fourth-order valence-electron chi connectivity index (χ4n) is 4.04. The molecule has 2 aromatic rings. The van der Waals surface area contributed by atoms with E-state index in [1.165, 1.54) is 4.88 Å². The third-order valence-corrected chi connectivity index (χ3v) is 6.71. The maximum atomic E-state index is 13.4. The van der Waals surface area contributed by atoms with E-state index in [0.29, 0.717) is 31.1 Å². The minimum Gasteiger partial charge on any atom is -0.493 e. The number of ether oxygens (including phenoxy) is 2. The van der Waals surface area contributed by atoms with E-state index in [-0.39, 0.29) is 36.4 Å². The number of carbonyl (C=O) groups excluding carboxylic acids is 2. The molecule has 3 rings (SSSR count). The highest BCUT2D eigenvalue weighted by Crippen LogP contribution is 2.35. The Bertz CT molecular complexity index is 924. The van der Waals surface area contributed by atoms with Crippen molar-refractivity contribution in [1.82, 2.24) is 9.80 Å². The molecule has 0 bridgehead atoms. The minimum atomic E-state index is -0.198. The van der Waals surface area contributed by atoms with Crippen LogP contribution in [0.4, 0.5) is 0 Å². The molecular formula is C25H34N2O4S. The number of amides is 2. The second-order valence-electron chi connectivity index (χ2n) is 8.83. The normalized spacial score (nSPS) is 15.6. The van der Waals surface area contributed by atoms with Gasteiger partial charge >= 0.3 is 0 Å². The molecule has 174 valence electrons. The first-order valence-corrected chi connectivity index (χ1v) is 12.1. The van der Waals surface area contributed by atoms with Gasteiger partial charge in [0, 0.05) is 23.9 Å². The number of fused-ring (bicyclic) bond motifs is 1. The molecule has 0 radical (unpaired) electrons. The summed E-state index contributed by atoms with van der Waals surface area (Å²) in [5.74, 6) is 1.56. The summed E-state index contributed by atoms with van der Waals surface area (Å²) in [5, 5.41) is 2.07. The summed E-state index contributed by atoms with van der Waals surface area (Å²) in [6, 6.07) is 9.38. The molecule has 2 amide bonds. The molecule has 0 fully saturated rings. The lowest BCUT2D eigenvalue weighted by Gasteiger charge is -2.38. The van der Waals surface area contributed by atoms with Crippen LogP contribution in [0.5, 0.6) is 11.5 Å². The van der Waals surface area contributed by atoms with Crippen LogP contribution in [0, 0.1) is 5.92 Å². The minimum absolute atomic E-state index is 0.0263. The van der Waals surface area contributed by atoms with Gasteiger partial charge in [-0.25, -0.2) is 0 Å². The van der Waals surface area contributed by atoms with Gasteiger partial charge in [0.1, 0.15) is 6.61 Å². The van der Waals surface area contributed by atoms with E-state index in [0.717, 1.165) is 12.0 Å². The van der Waals surface area contributed by atoms with Crippen LogP contribution < -0.4 is 9.47 Å². The van der Waals surface area contributed by atoms with Crippen molar-refractivity contribution in [2.45, 2.75) is 52.6 Å². The van der Waals surface area contributed by atoms with Gasteiger partial charge in [0.05, 0.1) is 19.7 Å². The van der Waals surface area contributed by atoms with Crippen LogP contribution in [-0.4, -0.2) is 54.5 Å². The number of thiophene rings is 1. The summed E-state index contributed by atoms with van der Waals surface area (Å²) in [7, 11) is 1.62. The van der Waals surface area contributed by atoms with Gasteiger partial charge in [-0.2, -0.15) is 0 Å². The summed E-state index contributed by atoms with van der Waals surface area (Å²) in [4.78, 5) is 31.1. The lowest BCUT2D eigenvalue weighted by molar-refractivity contribution is -0.144. The SMILES string of the molecule is COc1ccccc1OC[C@@H]1c2ccsc2CCN1C(=O)CN(C(=O)CC(C)C)C(C)C. The first-order chi connectivity index (χ1) is 15.3. The van der Waals surface area contributed by atoms with Crippen molar-refractivity contribution >= 4 is 23.2 Å². The smallest absolute Gasteiger partial charge is 0.242 e. The largest absolute Gasteiger partial charge is 0.493 e. The average Bonchev–Trinajstić information content (AvgIpc) is 3.24. The van der Waals surface area contributed by atoms with Crippen LogP contribution in [0.3, 0.4) is 0 Å². The molecule has 1 aromatic carbocycles. The molecule has 0 saturated carbocycles. The topological polar surface area (TPSA) is 59.1 Å². The van der Waals surface area contributed by atoms with Gasteiger partial charge in [-0.05, 0) is 55.3 Å².